The van der Waals surface area contributed by atoms with Crippen molar-refractivity contribution in [1.82, 2.24) is 9.62 Å². The van der Waals surface area contributed by atoms with Gasteiger partial charge in [0.1, 0.15) is 16.7 Å². The summed E-state index contributed by atoms with van der Waals surface area (Å²) >= 11 is 0. The van der Waals surface area contributed by atoms with Gasteiger partial charge in [0, 0.05) is 0 Å². The molecule has 2 rings (SSSR count). The lowest BCUT2D eigenvalue weighted by atomic mass is 10.2. The first kappa shape index (κ1) is 14.5. The van der Waals surface area contributed by atoms with E-state index in [0.29, 0.717) is 0 Å². The number of sulfonamides is 1. The molecule has 1 saturated heterocycles. The van der Waals surface area contributed by atoms with Crippen LogP contribution in [0, 0.1) is 0 Å². The molecule has 108 valence electrons. The van der Waals surface area contributed by atoms with Gasteiger partial charge in [-0.15, -0.1) is 0 Å². The summed E-state index contributed by atoms with van der Waals surface area (Å²) in [6, 6.07) is 4.45. The highest BCUT2D eigenvalue weighted by Gasteiger charge is 2.41. The molecule has 1 aromatic rings. The van der Waals surface area contributed by atoms with Gasteiger partial charge in [0.25, 0.3) is 0 Å². The van der Waals surface area contributed by atoms with Gasteiger partial charge in [-0.2, -0.15) is 4.31 Å². The highest BCUT2D eigenvalue weighted by molar-refractivity contribution is 7.89. The second-order valence-corrected chi connectivity index (χ2v) is 6.21. The van der Waals surface area contributed by atoms with Crippen LogP contribution in [0.3, 0.4) is 0 Å². The van der Waals surface area contributed by atoms with Crippen molar-refractivity contribution in [1.29, 1.82) is 0 Å². The molecule has 20 heavy (non-hydrogen) atoms. The van der Waals surface area contributed by atoms with Crippen molar-refractivity contribution in [2.24, 2.45) is 0 Å². The maximum absolute atomic E-state index is 12.5. The van der Waals surface area contributed by atoms with Crippen LogP contribution in [-0.4, -0.2) is 42.2 Å². The van der Waals surface area contributed by atoms with Gasteiger partial charge in [-0.25, -0.2) is 8.42 Å². The third kappa shape index (κ3) is 2.39. The van der Waals surface area contributed by atoms with Crippen molar-refractivity contribution in [2.45, 2.75) is 24.3 Å². The Kier molecular flexibility index (Phi) is 3.78. The molecule has 1 heterocycles. The predicted molar refractivity (Wildman–Crippen MR) is 69.2 cm³/mol. The summed E-state index contributed by atoms with van der Waals surface area (Å²) in [6.07, 6.45) is 0.228. The second-order valence-electron chi connectivity index (χ2n) is 4.35. The lowest BCUT2D eigenvalue weighted by Gasteiger charge is -2.32. The molecule has 2 amide bonds. The van der Waals surface area contributed by atoms with Crippen molar-refractivity contribution in [2.75, 3.05) is 6.54 Å². The van der Waals surface area contributed by atoms with Crippen LogP contribution in [0.2, 0.25) is 0 Å². The van der Waals surface area contributed by atoms with Gasteiger partial charge in [-0.3, -0.25) is 14.9 Å². The van der Waals surface area contributed by atoms with E-state index >= 15 is 0 Å². The lowest BCUT2D eigenvalue weighted by molar-refractivity contribution is -0.137. The summed E-state index contributed by atoms with van der Waals surface area (Å²) in [7, 11) is -4.12. The number of hydrogen-bond acceptors (Lipinski definition) is 5. The average molecular weight is 298 g/mol. The van der Waals surface area contributed by atoms with E-state index < -0.39 is 40.2 Å². The third-order valence-corrected chi connectivity index (χ3v) is 4.95. The zero-order chi connectivity index (χ0) is 14.9. The Balaban J connectivity index is 2.49. The largest absolute Gasteiger partial charge is 0.507 e. The summed E-state index contributed by atoms with van der Waals surface area (Å²) < 4.78 is 25.8. The van der Waals surface area contributed by atoms with Crippen molar-refractivity contribution in [3.05, 3.63) is 24.3 Å². The van der Waals surface area contributed by atoms with Gasteiger partial charge in [-0.1, -0.05) is 19.1 Å². The molecule has 0 saturated carbocycles. The average Bonchev–Trinajstić information content (AvgIpc) is 2.38. The predicted octanol–water partition coefficient (Wildman–Crippen LogP) is -0.182. The van der Waals surface area contributed by atoms with Crippen LogP contribution in [0.1, 0.15) is 13.3 Å². The fraction of sp³-hybridized carbons (Fsp3) is 0.333. The normalized spacial score (nSPS) is 20.8. The Morgan fingerprint density at radius 1 is 1.35 bits per heavy atom. The number of imide groups is 1. The number of para-hydroxylation sites is 1. The molecule has 0 spiro atoms. The topological polar surface area (TPSA) is 104 Å². The van der Waals surface area contributed by atoms with Crippen molar-refractivity contribution in [3.63, 3.8) is 0 Å². The Morgan fingerprint density at radius 3 is 2.60 bits per heavy atom. The first-order valence-electron chi connectivity index (χ1n) is 6.01. The standard InChI is InChI=1S/C12H14N2O5S/c1-2-8-12(17)13-11(16)7-14(8)20(18,19)10-6-4-3-5-9(10)15/h3-6,8,15H,2,7H2,1H3,(H,13,16,17). The molecule has 1 aromatic carbocycles. The number of amides is 2. The smallest absolute Gasteiger partial charge is 0.247 e. The molecule has 0 aliphatic carbocycles. The molecule has 1 aliphatic heterocycles. The van der Waals surface area contributed by atoms with E-state index in [2.05, 4.69) is 5.32 Å². The molecule has 2 N–H and O–H groups in total. The van der Waals surface area contributed by atoms with Crippen LogP contribution < -0.4 is 5.32 Å². The van der Waals surface area contributed by atoms with Gasteiger partial charge in [0.15, 0.2) is 0 Å². The molecule has 0 bridgehead atoms. The van der Waals surface area contributed by atoms with E-state index in [4.69, 9.17) is 0 Å². The number of aromatic hydroxyl groups is 1. The van der Waals surface area contributed by atoms with Gasteiger partial charge in [-0.05, 0) is 18.6 Å². The number of nitrogens with one attached hydrogen (secondary N) is 1. The highest BCUT2D eigenvalue weighted by Crippen LogP contribution is 2.27. The van der Waals surface area contributed by atoms with Crippen LogP contribution in [0.4, 0.5) is 0 Å². The summed E-state index contributed by atoms with van der Waals surface area (Å²) in [6.45, 7) is 1.20. The Hall–Kier alpha value is -1.93. The van der Waals surface area contributed by atoms with E-state index in [1.54, 1.807) is 6.92 Å². The number of benzene rings is 1. The molecule has 0 radical (unpaired) electrons. The molecule has 8 heteroatoms. The van der Waals surface area contributed by atoms with E-state index in [1.165, 1.54) is 24.3 Å². The SMILES string of the molecule is CCC1C(=O)NC(=O)CN1S(=O)(=O)c1ccccc1O. The monoisotopic (exact) mass is 298 g/mol. The summed E-state index contributed by atoms with van der Waals surface area (Å²) in [5.74, 6) is -1.75. The molecule has 1 unspecified atom stereocenters. The molecular weight excluding hydrogens is 284 g/mol. The van der Waals surface area contributed by atoms with Gasteiger partial charge in [0.2, 0.25) is 21.8 Å². The number of rotatable bonds is 3. The van der Waals surface area contributed by atoms with Crippen LogP contribution in [0.15, 0.2) is 29.2 Å². The number of nitrogens with zero attached hydrogens (tertiary/aromatic N) is 1. The zero-order valence-corrected chi connectivity index (χ0v) is 11.6. The van der Waals surface area contributed by atoms with E-state index in [1.807, 2.05) is 0 Å². The summed E-state index contributed by atoms with van der Waals surface area (Å²) in [5.41, 5.74) is 0. The van der Waals surface area contributed by atoms with Crippen molar-refractivity contribution >= 4 is 21.8 Å². The van der Waals surface area contributed by atoms with Crippen LogP contribution >= 0.6 is 0 Å². The molecule has 7 nitrogen and oxygen atoms in total. The molecule has 1 atom stereocenters. The number of carbonyl (C=O) groups excluding carboxylic acids is 2. The number of piperazine rings is 1. The minimum absolute atomic E-state index is 0.228. The van der Waals surface area contributed by atoms with Crippen molar-refractivity contribution < 1.29 is 23.1 Å². The van der Waals surface area contributed by atoms with Gasteiger partial charge in [0.05, 0.1) is 6.54 Å². The summed E-state index contributed by atoms with van der Waals surface area (Å²) in [5, 5.41) is 11.8. The molecule has 1 aliphatic rings. The number of carbonyl (C=O) groups is 2. The van der Waals surface area contributed by atoms with Crippen LogP contribution in [0.5, 0.6) is 5.75 Å². The zero-order valence-electron chi connectivity index (χ0n) is 10.7. The van der Waals surface area contributed by atoms with E-state index in [-0.39, 0.29) is 11.3 Å². The first-order chi connectivity index (χ1) is 9.37. The lowest BCUT2D eigenvalue weighted by Crippen LogP contribution is -2.59. The van der Waals surface area contributed by atoms with E-state index in [9.17, 15) is 23.1 Å². The van der Waals surface area contributed by atoms with Crippen molar-refractivity contribution in [3.8, 4) is 5.75 Å². The second kappa shape index (κ2) is 5.22. The fourth-order valence-electron chi connectivity index (χ4n) is 2.09. The Bertz CT molecular complexity index is 656. The minimum Gasteiger partial charge on any atom is -0.507 e. The molecule has 1 fully saturated rings. The number of phenols is 1. The van der Waals surface area contributed by atoms with E-state index in [0.717, 1.165) is 4.31 Å². The summed E-state index contributed by atoms with van der Waals surface area (Å²) in [4.78, 5) is 22.8. The third-order valence-electron chi connectivity index (χ3n) is 3.05. The highest BCUT2D eigenvalue weighted by atomic mass is 32.2. The van der Waals surface area contributed by atoms with Crippen LogP contribution in [-0.2, 0) is 19.6 Å². The maximum atomic E-state index is 12.5. The molecule has 0 aromatic heterocycles. The minimum atomic E-state index is -4.12. The maximum Gasteiger partial charge on any atom is 0.247 e. The number of hydrogen-bond donors (Lipinski definition) is 2. The number of phenolic OH excluding ortho intramolecular Hbond substituents is 1. The Morgan fingerprint density at radius 2 is 2.00 bits per heavy atom. The quantitative estimate of drug-likeness (QED) is 0.753. The Labute approximate surface area is 116 Å². The first-order valence-corrected chi connectivity index (χ1v) is 7.45. The van der Waals surface area contributed by atoms with Gasteiger partial charge >= 0.3 is 0 Å². The van der Waals surface area contributed by atoms with Crippen LogP contribution in [0.25, 0.3) is 0 Å². The van der Waals surface area contributed by atoms with Gasteiger partial charge < -0.3 is 5.11 Å². The molecular formula is C12H14N2O5S. The fourth-order valence-corrected chi connectivity index (χ4v) is 3.79.